The number of nitrogens with two attached hydrogens (primary N) is 1. The van der Waals surface area contributed by atoms with Crippen LogP contribution in [-0.2, 0) is 13.0 Å². The summed E-state index contributed by atoms with van der Waals surface area (Å²) in [5, 5.41) is 0. The minimum Gasteiger partial charge on any atom is -0.471 e. The standard InChI is InChI=1S/C16H19N5O/c1-10(2)7-11-3-5-12(6-4-11)8-22-15-13-14(19-9-18-13)20-16(17)21-15/h3-6,9-10H,7-8H2,1-2H3,(H3,17,18,19,20,21). The van der Waals surface area contributed by atoms with E-state index < -0.39 is 0 Å². The molecule has 0 spiro atoms. The molecule has 0 radical (unpaired) electrons. The van der Waals surface area contributed by atoms with Gasteiger partial charge in [-0.05, 0) is 23.5 Å². The number of nitrogen functional groups attached to an aromatic ring is 1. The van der Waals surface area contributed by atoms with Crippen molar-refractivity contribution in [2.24, 2.45) is 5.92 Å². The monoisotopic (exact) mass is 297 g/mol. The van der Waals surface area contributed by atoms with Crippen LogP contribution in [-0.4, -0.2) is 19.9 Å². The van der Waals surface area contributed by atoms with Gasteiger partial charge < -0.3 is 15.5 Å². The summed E-state index contributed by atoms with van der Waals surface area (Å²) in [6.45, 7) is 4.84. The number of imidazole rings is 1. The molecule has 0 aliphatic carbocycles. The van der Waals surface area contributed by atoms with Crippen molar-refractivity contribution < 1.29 is 4.74 Å². The molecular formula is C16H19N5O. The van der Waals surface area contributed by atoms with Crippen LogP contribution in [0, 0.1) is 5.92 Å². The average molecular weight is 297 g/mol. The van der Waals surface area contributed by atoms with Gasteiger partial charge >= 0.3 is 0 Å². The lowest BCUT2D eigenvalue weighted by Gasteiger charge is -2.08. The number of nitrogens with one attached hydrogen (secondary N) is 1. The summed E-state index contributed by atoms with van der Waals surface area (Å²) in [4.78, 5) is 15.2. The molecule has 6 heteroatoms. The Kier molecular flexibility index (Phi) is 3.91. The molecular weight excluding hydrogens is 278 g/mol. The molecule has 0 fully saturated rings. The lowest BCUT2D eigenvalue weighted by molar-refractivity contribution is 0.297. The lowest BCUT2D eigenvalue weighted by atomic mass is 10.0. The predicted octanol–water partition coefficient (Wildman–Crippen LogP) is 2.71. The fourth-order valence-corrected chi connectivity index (χ4v) is 2.32. The van der Waals surface area contributed by atoms with Gasteiger partial charge in [-0.15, -0.1) is 0 Å². The maximum atomic E-state index is 5.75. The smallest absolute Gasteiger partial charge is 0.247 e. The maximum absolute atomic E-state index is 5.75. The van der Waals surface area contributed by atoms with Crippen molar-refractivity contribution in [2.45, 2.75) is 26.9 Å². The molecule has 2 aromatic heterocycles. The van der Waals surface area contributed by atoms with E-state index in [9.17, 15) is 0 Å². The molecule has 0 aliphatic heterocycles. The Morgan fingerprint density at radius 1 is 1.14 bits per heavy atom. The van der Waals surface area contributed by atoms with Gasteiger partial charge in [0.15, 0.2) is 11.2 Å². The summed E-state index contributed by atoms with van der Waals surface area (Å²) in [5.41, 5.74) is 9.25. The van der Waals surface area contributed by atoms with Crippen molar-refractivity contribution in [2.75, 3.05) is 5.73 Å². The Labute approximate surface area is 128 Å². The SMILES string of the molecule is CC(C)Cc1ccc(COc2nc(N)nc3[nH]cnc23)cc1. The van der Waals surface area contributed by atoms with Crippen molar-refractivity contribution >= 4 is 17.1 Å². The molecule has 0 amide bonds. The second-order valence-electron chi connectivity index (χ2n) is 5.69. The highest BCUT2D eigenvalue weighted by Gasteiger charge is 2.10. The van der Waals surface area contributed by atoms with E-state index in [-0.39, 0.29) is 5.95 Å². The van der Waals surface area contributed by atoms with E-state index in [2.05, 4.69) is 58.0 Å². The van der Waals surface area contributed by atoms with Crippen LogP contribution in [0.25, 0.3) is 11.2 Å². The van der Waals surface area contributed by atoms with Crippen molar-refractivity contribution in [1.29, 1.82) is 0 Å². The van der Waals surface area contributed by atoms with E-state index in [4.69, 9.17) is 10.5 Å². The zero-order valence-corrected chi connectivity index (χ0v) is 12.7. The number of anilines is 1. The molecule has 3 N–H and O–H groups in total. The number of fused-ring (bicyclic) bond motifs is 1. The Morgan fingerprint density at radius 2 is 1.86 bits per heavy atom. The number of aromatic amines is 1. The minimum atomic E-state index is 0.166. The number of ether oxygens (including phenoxy) is 1. The molecule has 0 aliphatic rings. The molecule has 1 aromatic carbocycles. The summed E-state index contributed by atoms with van der Waals surface area (Å²) in [5.74, 6) is 1.22. The molecule has 2 heterocycles. The van der Waals surface area contributed by atoms with Gasteiger partial charge in [0.25, 0.3) is 0 Å². The van der Waals surface area contributed by atoms with Crippen LogP contribution >= 0.6 is 0 Å². The quantitative estimate of drug-likeness (QED) is 0.755. The molecule has 0 unspecified atom stereocenters. The molecule has 3 rings (SSSR count). The third-order valence-corrected chi connectivity index (χ3v) is 3.31. The number of hydrogen-bond acceptors (Lipinski definition) is 5. The van der Waals surface area contributed by atoms with E-state index in [1.807, 2.05) is 0 Å². The fraction of sp³-hybridized carbons (Fsp3) is 0.312. The number of aromatic nitrogens is 4. The second-order valence-corrected chi connectivity index (χ2v) is 5.69. The van der Waals surface area contributed by atoms with Gasteiger partial charge in [-0.1, -0.05) is 38.1 Å². The summed E-state index contributed by atoms with van der Waals surface area (Å²) in [7, 11) is 0. The Morgan fingerprint density at radius 3 is 2.59 bits per heavy atom. The molecule has 114 valence electrons. The molecule has 0 saturated carbocycles. The minimum absolute atomic E-state index is 0.166. The maximum Gasteiger partial charge on any atom is 0.247 e. The Balaban J connectivity index is 1.72. The van der Waals surface area contributed by atoms with E-state index in [0.717, 1.165) is 12.0 Å². The lowest BCUT2D eigenvalue weighted by Crippen LogP contribution is -2.02. The Hall–Kier alpha value is -2.63. The number of hydrogen-bond donors (Lipinski definition) is 2. The highest BCUT2D eigenvalue weighted by molar-refractivity contribution is 5.76. The van der Waals surface area contributed by atoms with Gasteiger partial charge in [0, 0.05) is 0 Å². The summed E-state index contributed by atoms with van der Waals surface area (Å²) < 4.78 is 5.75. The van der Waals surface area contributed by atoms with Crippen LogP contribution in [0.5, 0.6) is 5.88 Å². The molecule has 0 saturated heterocycles. The third-order valence-electron chi connectivity index (χ3n) is 3.31. The first kappa shape index (κ1) is 14.3. The van der Waals surface area contributed by atoms with Gasteiger partial charge in [-0.2, -0.15) is 9.97 Å². The van der Waals surface area contributed by atoms with Gasteiger partial charge in [-0.3, -0.25) is 0 Å². The van der Waals surface area contributed by atoms with E-state index in [1.54, 1.807) is 6.33 Å². The first-order valence-corrected chi connectivity index (χ1v) is 7.29. The van der Waals surface area contributed by atoms with Gasteiger partial charge in [0.2, 0.25) is 11.8 Å². The molecule has 3 aromatic rings. The van der Waals surface area contributed by atoms with Crippen LogP contribution in [0.1, 0.15) is 25.0 Å². The second kappa shape index (κ2) is 6.01. The van der Waals surface area contributed by atoms with E-state index >= 15 is 0 Å². The summed E-state index contributed by atoms with van der Waals surface area (Å²) in [6, 6.07) is 8.42. The van der Waals surface area contributed by atoms with Crippen LogP contribution in [0.15, 0.2) is 30.6 Å². The zero-order valence-electron chi connectivity index (χ0n) is 12.7. The normalized spacial score (nSPS) is 11.2. The largest absolute Gasteiger partial charge is 0.471 e. The van der Waals surface area contributed by atoms with E-state index in [1.165, 1.54) is 5.56 Å². The van der Waals surface area contributed by atoms with Crippen molar-refractivity contribution in [1.82, 2.24) is 19.9 Å². The Bertz CT molecular complexity index is 764. The number of H-pyrrole nitrogens is 1. The number of benzene rings is 1. The third kappa shape index (κ3) is 3.16. The van der Waals surface area contributed by atoms with Gasteiger partial charge in [0.05, 0.1) is 6.33 Å². The van der Waals surface area contributed by atoms with E-state index in [0.29, 0.717) is 29.6 Å². The highest BCUT2D eigenvalue weighted by atomic mass is 16.5. The van der Waals surface area contributed by atoms with Gasteiger partial charge in [0.1, 0.15) is 6.61 Å². The number of rotatable bonds is 5. The molecule has 6 nitrogen and oxygen atoms in total. The summed E-state index contributed by atoms with van der Waals surface area (Å²) >= 11 is 0. The fourth-order valence-electron chi connectivity index (χ4n) is 2.32. The zero-order chi connectivity index (χ0) is 15.5. The first-order chi connectivity index (χ1) is 10.6. The number of nitrogens with zero attached hydrogens (tertiary/aromatic N) is 3. The van der Waals surface area contributed by atoms with Crippen molar-refractivity contribution in [3.8, 4) is 5.88 Å². The average Bonchev–Trinajstić information content (AvgIpc) is 2.93. The van der Waals surface area contributed by atoms with Crippen LogP contribution < -0.4 is 10.5 Å². The summed E-state index contributed by atoms with van der Waals surface area (Å²) in [6.07, 6.45) is 2.63. The first-order valence-electron chi connectivity index (χ1n) is 7.29. The topological polar surface area (TPSA) is 89.7 Å². The van der Waals surface area contributed by atoms with Crippen LogP contribution in [0.3, 0.4) is 0 Å². The van der Waals surface area contributed by atoms with Crippen LogP contribution in [0.4, 0.5) is 5.95 Å². The van der Waals surface area contributed by atoms with Gasteiger partial charge in [-0.25, -0.2) is 4.98 Å². The predicted molar refractivity (Wildman–Crippen MR) is 85.4 cm³/mol. The van der Waals surface area contributed by atoms with Crippen molar-refractivity contribution in [3.05, 3.63) is 41.7 Å². The van der Waals surface area contributed by atoms with Crippen molar-refractivity contribution in [3.63, 3.8) is 0 Å². The molecule has 0 bridgehead atoms. The molecule has 22 heavy (non-hydrogen) atoms. The highest BCUT2D eigenvalue weighted by Crippen LogP contribution is 2.21. The molecule has 0 atom stereocenters. The van der Waals surface area contributed by atoms with Crippen LogP contribution in [0.2, 0.25) is 0 Å².